The average molecular weight is 321 g/mol. The third-order valence-electron chi connectivity index (χ3n) is 2.78. The largest absolute Gasteiger partial charge is 0.294 e. The molecule has 0 aliphatic rings. The first kappa shape index (κ1) is 13.7. The molecule has 0 saturated carbocycles. The molecule has 0 bridgehead atoms. The van der Waals surface area contributed by atoms with E-state index in [4.69, 9.17) is 0 Å². The van der Waals surface area contributed by atoms with Gasteiger partial charge in [0.2, 0.25) is 0 Å². The Balaban J connectivity index is 2.15. The SMILES string of the molecule is Cc1nn(C)cc1C(=O)CC(=O)c1cccc(Br)c1. The van der Waals surface area contributed by atoms with Crippen LogP contribution in [-0.2, 0) is 7.05 Å². The average Bonchev–Trinajstić information content (AvgIpc) is 2.68. The molecule has 0 saturated heterocycles. The molecule has 0 N–H and O–H groups in total. The summed E-state index contributed by atoms with van der Waals surface area (Å²) < 4.78 is 2.40. The van der Waals surface area contributed by atoms with Gasteiger partial charge in [-0.3, -0.25) is 14.3 Å². The fourth-order valence-electron chi connectivity index (χ4n) is 1.88. The number of benzene rings is 1. The molecule has 4 nitrogen and oxygen atoms in total. The van der Waals surface area contributed by atoms with E-state index in [2.05, 4.69) is 21.0 Å². The quantitative estimate of drug-likeness (QED) is 0.643. The number of carbonyl (C=O) groups excluding carboxylic acids is 2. The van der Waals surface area contributed by atoms with E-state index in [1.165, 1.54) is 0 Å². The first-order chi connectivity index (χ1) is 8.97. The van der Waals surface area contributed by atoms with Crippen LogP contribution in [-0.4, -0.2) is 21.3 Å². The molecule has 1 aromatic heterocycles. The summed E-state index contributed by atoms with van der Waals surface area (Å²) in [6.07, 6.45) is 1.51. The second-order valence-corrected chi connectivity index (χ2v) is 5.25. The molecule has 1 aromatic carbocycles. The van der Waals surface area contributed by atoms with E-state index in [1.54, 1.807) is 43.0 Å². The van der Waals surface area contributed by atoms with Gasteiger partial charge in [-0.05, 0) is 19.1 Å². The summed E-state index contributed by atoms with van der Waals surface area (Å²) in [5.74, 6) is -0.384. The van der Waals surface area contributed by atoms with Crippen molar-refractivity contribution >= 4 is 27.5 Å². The molecule has 0 atom stereocenters. The number of carbonyl (C=O) groups is 2. The lowest BCUT2D eigenvalue weighted by Gasteiger charge is -2.01. The second kappa shape index (κ2) is 5.48. The summed E-state index contributed by atoms with van der Waals surface area (Å²) in [7, 11) is 1.75. The van der Waals surface area contributed by atoms with Crippen molar-refractivity contribution < 1.29 is 9.59 Å². The van der Waals surface area contributed by atoms with Crippen LogP contribution in [0.5, 0.6) is 0 Å². The number of rotatable bonds is 4. The van der Waals surface area contributed by atoms with E-state index in [0.29, 0.717) is 16.8 Å². The summed E-state index contributed by atoms with van der Waals surface area (Å²) in [5, 5.41) is 4.10. The van der Waals surface area contributed by atoms with Crippen LogP contribution in [0.25, 0.3) is 0 Å². The third kappa shape index (κ3) is 3.17. The maximum Gasteiger partial charge on any atom is 0.174 e. The number of ketones is 2. The Labute approximate surface area is 119 Å². The Bertz CT molecular complexity index is 647. The Morgan fingerprint density at radius 1 is 1.32 bits per heavy atom. The summed E-state index contributed by atoms with van der Waals surface area (Å²) in [5.41, 5.74) is 1.68. The molecule has 2 rings (SSSR count). The molecule has 1 heterocycles. The van der Waals surface area contributed by atoms with Gasteiger partial charge in [0.1, 0.15) is 0 Å². The van der Waals surface area contributed by atoms with Gasteiger partial charge in [0.25, 0.3) is 0 Å². The van der Waals surface area contributed by atoms with Crippen LogP contribution in [0.2, 0.25) is 0 Å². The lowest BCUT2D eigenvalue weighted by Crippen LogP contribution is -2.09. The van der Waals surface area contributed by atoms with Crippen molar-refractivity contribution in [2.45, 2.75) is 13.3 Å². The zero-order chi connectivity index (χ0) is 14.0. The number of hydrogen-bond donors (Lipinski definition) is 0. The highest BCUT2D eigenvalue weighted by molar-refractivity contribution is 9.10. The van der Waals surface area contributed by atoms with Gasteiger partial charge in [0, 0.05) is 23.3 Å². The lowest BCUT2D eigenvalue weighted by atomic mass is 10.0. The highest BCUT2D eigenvalue weighted by atomic mass is 79.9. The summed E-state index contributed by atoms with van der Waals surface area (Å²) in [6.45, 7) is 1.76. The van der Waals surface area contributed by atoms with E-state index in [9.17, 15) is 9.59 Å². The molecule has 0 spiro atoms. The third-order valence-corrected chi connectivity index (χ3v) is 3.27. The van der Waals surface area contributed by atoms with Gasteiger partial charge in [-0.1, -0.05) is 28.1 Å². The Morgan fingerprint density at radius 2 is 2.05 bits per heavy atom. The Morgan fingerprint density at radius 3 is 2.63 bits per heavy atom. The van der Waals surface area contributed by atoms with E-state index >= 15 is 0 Å². The van der Waals surface area contributed by atoms with Crippen LogP contribution < -0.4 is 0 Å². The molecule has 0 aliphatic heterocycles. The minimum Gasteiger partial charge on any atom is -0.294 e. The molecule has 0 radical (unpaired) electrons. The number of Topliss-reactive ketones (excluding diaryl/α,β-unsaturated/α-hetero) is 2. The lowest BCUT2D eigenvalue weighted by molar-refractivity contribution is 0.0894. The van der Waals surface area contributed by atoms with Crippen molar-refractivity contribution in [2.75, 3.05) is 0 Å². The topological polar surface area (TPSA) is 52.0 Å². The maximum absolute atomic E-state index is 12.1. The second-order valence-electron chi connectivity index (χ2n) is 4.34. The number of halogens is 1. The van der Waals surface area contributed by atoms with Gasteiger partial charge >= 0.3 is 0 Å². The zero-order valence-electron chi connectivity index (χ0n) is 10.7. The summed E-state index contributed by atoms with van der Waals surface area (Å²) in [6, 6.07) is 7.03. The van der Waals surface area contributed by atoms with Crippen LogP contribution in [0, 0.1) is 6.92 Å². The first-order valence-electron chi connectivity index (χ1n) is 5.79. The normalized spacial score (nSPS) is 10.5. The molecule has 19 heavy (non-hydrogen) atoms. The highest BCUT2D eigenvalue weighted by Crippen LogP contribution is 2.15. The van der Waals surface area contributed by atoms with Crippen LogP contribution in [0.1, 0.15) is 32.8 Å². The molecular weight excluding hydrogens is 308 g/mol. The van der Waals surface area contributed by atoms with E-state index in [1.807, 2.05) is 6.07 Å². The van der Waals surface area contributed by atoms with Crippen molar-refractivity contribution in [3.63, 3.8) is 0 Å². The van der Waals surface area contributed by atoms with Crippen molar-refractivity contribution in [3.05, 3.63) is 51.8 Å². The number of aromatic nitrogens is 2. The number of hydrogen-bond acceptors (Lipinski definition) is 3. The predicted molar refractivity (Wildman–Crippen MR) is 75.4 cm³/mol. The minimum absolute atomic E-state index is 0.136. The van der Waals surface area contributed by atoms with Gasteiger partial charge in [-0.15, -0.1) is 0 Å². The number of nitrogens with zero attached hydrogens (tertiary/aromatic N) is 2. The summed E-state index contributed by atoms with van der Waals surface area (Å²) in [4.78, 5) is 24.1. The van der Waals surface area contributed by atoms with E-state index < -0.39 is 0 Å². The first-order valence-corrected chi connectivity index (χ1v) is 6.59. The van der Waals surface area contributed by atoms with Crippen LogP contribution in [0.15, 0.2) is 34.9 Å². The molecular formula is C14H13BrN2O2. The monoisotopic (exact) mass is 320 g/mol. The van der Waals surface area contributed by atoms with Crippen LogP contribution in [0.3, 0.4) is 0 Å². The van der Waals surface area contributed by atoms with Crippen molar-refractivity contribution in [3.8, 4) is 0 Å². The fraction of sp³-hybridized carbons (Fsp3) is 0.214. The minimum atomic E-state index is -0.199. The summed E-state index contributed by atoms with van der Waals surface area (Å²) >= 11 is 3.31. The molecule has 2 aromatic rings. The predicted octanol–water partition coefficient (Wildman–Crippen LogP) is 2.95. The smallest absolute Gasteiger partial charge is 0.174 e. The van der Waals surface area contributed by atoms with Gasteiger partial charge in [0.15, 0.2) is 11.6 Å². The van der Waals surface area contributed by atoms with Gasteiger partial charge in [0.05, 0.1) is 17.7 Å². The van der Waals surface area contributed by atoms with Gasteiger partial charge in [-0.2, -0.15) is 5.10 Å². The molecule has 0 fully saturated rings. The highest BCUT2D eigenvalue weighted by Gasteiger charge is 2.17. The van der Waals surface area contributed by atoms with E-state index in [0.717, 1.165) is 4.47 Å². The Hall–Kier alpha value is -1.75. The maximum atomic E-state index is 12.1. The standard InChI is InChI=1S/C14H13BrN2O2/c1-9-12(8-17(2)16-9)14(19)7-13(18)10-4-3-5-11(15)6-10/h3-6,8H,7H2,1-2H3. The van der Waals surface area contributed by atoms with Crippen molar-refractivity contribution in [1.29, 1.82) is 0 Å². The molecule has 98 valence electrons. The Kier molecular flexibility index (Phi) is 3.95. The van der Waals surface area contributed by atoms with Crippen molar-refractivity contribution in [1.82, 2.24) is 9.78 Å². The molecule has 0 amide bonds. The van der Waals surface area contributed by atoms with Crippen LogP contribution in [0.4, 0.5) is 0 Å². The molecule has 0 aliphatic carbocycles. The van der Waals surface area contributed by atoms with E-state index in [-0.39, 0.29) is 18.0 Å². The van der Waals surface area contributed by atoms with Gasteiger partial charge in [-0.25, -0.2) is 0 Å². The molecule has 5 heteroatoms. The fourth-order valence-corrected chi connectivity index (χ4v) is 2.28. The van der Waals surface area contributed by atoms with Crippen molar-refractivity contribution in [2.24, 2.45) is 7.05 Å². The van der Waals surface area contributed by atoms with Crippen LogP contribution >= 0.6 is 15.9 Å². The van der Waals surface area contributed by atoms with Gasteiger partial charge < -0.3 is 0 Å². The zero-order valence-corrected chi connectivity index (χ0v) is 12.3. The molecule has 0 unspecified atom stereocenters. The number of aryl methyl sites for hydroxylation is 2.